The number of hydrogen-bond donors (Lipinski definition) is 0. The van der Waals surface area contributed by atoms with Crippen molar-refractivity contribution in [3.05, 3.63) is 12.7 Å². The maximum Gasteiger partial charge on any atom is 0.144 e. The fourth-order valence-electron chi connectivity index (χ4n) is 0.500. The van der Waals surface area contributed by atoms with E-state index in [-0.39, 0.29) is 6.42 Å². The molecular formula is C9H16FNOS. The summed E-state index contributed by atoms with van der Waals surface area (Å²) >= 11 is 0. The lowest BCUT2D eigenvalue weighted by Crippen LogP contribution is -2.20. The monoisotopic (exact) mass is 205 g/mol. The summed E-state index contributed by atoms with van der Waals surface area (Å²) in [5, 5.41) is 0. The Kier molecular flexibility index (Phi) is 5.06. The molecule has 0 fully saturated rings. The summed E-state index contributed by atoms with van der Waals surface area (Å²) in [6.45, 7) is 8.78. The first kappa shape index (κ1) is 12.5. The van der Waals surface area contributed by atoms with Gasteiger partial charge >= 0.3 is 0 Å². The average Bonchev–Trinajstić information content (AvgIpc) is 1.99. The summed E-state index contributed by atoms with van der Waals surface area (Å²) in [6.07, 6.45) is 1.59. The molecule has 76 valence electrons. The molecule has 0 bridgehead atoms. The Labute approximate surface area is 81.5 Å². The van der Waals surface area contributed by atoms with Gasteiger partial charge < -0.3 is 0 Å². The van der Waals surface area contributed by atoms with Gasteiger partial charge in [-0.15, -0.1) is 6.58 Å². The second-order valence-electron chi connectivity index (χ2n) is 3.66. The molecule has 0 spiro atoms. The van der Waals surface area contributed by atoms with Crippen molar-refractivity contribution in [2.24, 2.45) is 4.40 Å². The van der Waals surface area contributed by atoms with Gasteiger partial charge in [0.15, 0.2) is 0 Å². The van der Waals surface area contributed by atoms with Crippen LogP contribution >= 0.6 is 0 Å². The first-order valence-electron chi connectivity index (χ1n) is 4.09. The smallest absolute Gasteiger partial charge is 0.144 e. The van der Waals surface area contributed by atoms with Gasteiger partial charge in [0.05, 0.1) is 4.75 Å². The Morgan fingerprint density at radius 1 is 1.62 bits per heavy atom. The van der Waals surface area contributed by atoms with Crippen LogP contribution in [0.5, 0.6) is 0 Å². The minimum atomic E-state index is -1.37. The van der Waals surface area contributed by atoms with Gasteiger partial charge in [-0.05, 0) is 20.8 Å². The summed E-state index contributed by atoms with van der Waals surface area (Å²) in [5.41, 5.74) is 0. The maximum absolute atomic E-state index is 12.8. The third kappa shape index (κ3) is 5.69. The number of alkyl halides is 1. The lowest BCUT2D eigenvalue weighted by atomic mass is 10.3. The summed E-state index contributed by atoms with van der Waals surface area (Å²) < 4.78 is 27.3. The molecule has 4 heteroatoms. The van der Waals surface area contributed by atoms with Crippen molar-refractivity contribution in [3.63, 3.8) is 0 Å². The topological polar surface area (TPSA) is 29.4 Å². The summed E-state index contributed by atoms with van der Waals surface area (Å²) in [4.78, 5) is 0. The molecule has 0 N–H and O–H groups in total. The zero-order valence-electron chi connectivity index (χ0n) is 8.29. The molecule has 0 aromatic heterocycles. The number of nitrogens with zero attached hydrogens (tertiary/aromatic N) is 1. The van der Waals surface area contributed by atoms with Crippen LogP contribution < -0.4 is 0 Å². The molecule has 2 atom stereocenters. The van der Waals surface area contributed by atoms with E-state index in [1.165, 1.54) is 6.08 Å². The second kappa shape index (κ2) is 5.27. The average molecular weight is 205 g/mol. The number of halogens is 1. The van der Waals surface area contributed by atoms with Crippen molar-refractivity contribution in [3.8, 4) is 0 Å². The van der Waals surface area contributed by atoms with Crippen LogP contribution in [-0.4, -0.2) is 21.3 Å². The van der Waals surface area contributed by atoms with Gasteiger partial charge in [0.1, 0.15) is 17.2 Å². The third-order valence-electron chi connectivity index (χ3n) is 1.23. The van der Waals surface area contributed by atoms with Gasteiger partial charge in [0.25, 0.3) is 0 Å². The van der Waals surface area contributed by atoms with E-state index in [0.717, 1.165) is 6.21 Å². The molecule has 0 aromatic carbocycles. The molecule has 0 aliphatic carbocycles. The summed E-state index contributed by atoms with van der Waals surface area (Å²) in [5.74, 6) is 0. The molecule has 1 unspecified atom stereocenters. The highest BCUT2D eigenvalue weighted by molar-refractivity contribution is 7.85. The largest absolute Gasteiger partial charge is 0.241 e. The third-order valence-corrected chi connectivity index (χ3v) is 2.59. The molecule has 0 saturated carbocycles. The Morgan fingerprint density at radius 3 is 2.54 bits per heavy atom. The minimum Gasteiger partial charge on any atom is -0.241 e. The highest BCUT2D eigenvalue weighted by atomic mass is 32.2. The lowest BCUT2D eigenvalue weighted by molar-refractivity contribution is 0.435. The van der Waals surface area contributed by atoms with Crippen LogP contribution in [0.2, 0.25) is 0 Å². The van der Waals surface area contributed by atoms with Gasteiger partial charge in [-0.3, -0.25) is 0 Å². The maximum atomic E-state index is 12.8. The van der Waals surface area contributed by atoms with Crippen molar-refractivity contribution >= 4 is 17.2 Å². The van der Waals surface area contributed by atoms with Crippen molar-refractivity contribution in [2.75, 3.05) is 0 Å². The molecule has 0 radical (unpaired) electrons. The fraction of sp³-hybridized carbons (Fsp3) is 0.667. The van der Waals surface area contributed by atoms with Crippen LogP contribution in [0.25, 0.3) is 0 Å². The summed E-state index contributed by atoms with van der Waals surface area (Å²) in [6, 6.07) is 0. The van der Waals surface area contributed by atoms with E-state index in [4.69, 9.17) is 0 Å². The van der Waals surface area contributed by atoms with Gasteiger partial charge in [0, 0.05) is 12.6 Å². The molecular weight excluding hydrogens is 189 g/mol. The summed E-state index contributed by atoms with van der Waals surface area (Å²) in [7, 11) is -1.37. The molecule has 0 amide bonds. The van der Waals surface area contributed by atoms with E-state index in [1.807, 2.05) is 0 Å². The lowest BCUT2D eigenvalue weighted by Gasteiger charge is -2.12. The Balaban J connectivity index is 4.12. The van der Waals surface area contributed by atoms with Crippen molar-refractivity contribution in [1.82, 2.24) is 0 Å². The number of allylic oxidation sites excluding steroid dienone is 1. The number of hydrogen-bond acceptors (Lipinski definition) is 1. The van der Waals surface area contributed by atoms with Crippen LogP contribution in [0.3, 0.4) is 0 Å². The van der Waals surface area contributed by atoms with E-state index in [9.17, 15) is 8.60 Å². The van der Waals surface area contributed by atoms with Gasteiger partial charge in [-0.1, -0.05) is 6.08 Å². The van der Waals surface area contributed by atoms with E-state index in [2.05, 4.69) is 11.0 Å². The Bertz CT molecular complexity index is 220. The van der Waals surface area contributed by atoms with E-state index in [1.54, 1.807) is 20.8 Å². The van der Waals surface area contributed by atoms with Crippen LogP contribution in [-0.2, 0) is 11.0 Å². The quantitative estimate of drug-likeness (QED) is 0.512. The molecule has 0 aliphatic rings. The molecule has 0 heterocycles. The first-order valence-corrected chi connectivity index (χ1v) is 5.19. The van der Waals surface area contributed by atoms with E-state index >= 15 is 0 Å². The number of rotatable bonds is 4. The Morgan fingerprint density at radius 2 is 2.15 bits per heavy atom. The molecule has 0 rings (SSSR count). The molecule has 0 saturated heterocycles. The molecule has 13 heavy (non-hydrogen) atoms. The van der Waals surface area contributed by atoms with E-state index in [0.29, 0.717) is 0 Å². The van der Waals surface area contributed by atoms with Crippen LogP contribution in [0.1, 0.15) is 27.2 Å². The fourth-order valence-corrected chi connectivity index (χ4v) is 1.06. The molecule has 0 aliphatic heterocycles. The molecule has 2 nitrogen and oxygen atoms in total. The van der Waals surface area contributed by atoms with E-state index < -0.39 is 21.9 Å². The van der Waals surface area contributed by atoms with Crippen LogP contribution in [0.15, 0.2) is 17.1 Å². The highest BCUT2D eigenvalue weighted by Gasteiger charge is 2.18. The van der Waals surface area contributed by atoms with Gasteiger partial charge in [0.2, 0.25) is 0 Å². The minimum absolute atomic E-state index is 0.213. The van der Waals surface area contributed by atoms with Crippen molar-refractivity contribution in [2.45, 2.75) is 38.1 Å². The molecule has 0 aromatic rings. The van der Waals surface area contributed by atoms with Gasteiger partial charge in [-0.2, -0.15) is 4.40 Å². The zero-order chi connectivity index (χ0) is 10.5. The Hall–Kier alpha value is -0.510. The van der Waals surface area contributed by atoms with Gasteiger partial charge in [-0.25, -0.2) is 8.60 Å². The van der Waals surface area contributed by atoms with Crippen molar-refractivity contribution < 1.29 is 8.60 Å². The van der Waals surface area contributed by atoms with Crippen LogP contribution in [0.4, 0.5) is 4.39 Å². The predicted octanol–water partition coefficient (Wildman–Crippen LogP) is 2.43. The predicted molar refractivity (Wildman–Crippen MR) is 56.1 cm³/mol. The van der Waals surface area contributed by atoms with Crippen molar-refractivity contribution in [1.29, 1.82) is 0 Å². The highest BCUT2D eigenvalue weighted by Crippen LogP contribution is 2.12. The first-order chi connectivity index (χ1) is 5.88. The second-order valence-corrected chi connectivity index (χ2v) is 5.59. The SMILES string of the molecule is C=CC[C@@H](F)/C=N/S(=O)C(C)(C)C. The standard InChI is InChI=1S/C9H16FNOS/c1-5-6-8(10)7-11-13(12)9(2,3)4/h5,7-8H,1,6H2,2-4H3/b11-7+/t8-,13?/m1/s1. The van der Waals surface area contributed by atoms with Crippen LogP contribution in [0, 0.1) is 0 Å². The normalized spacial score (nSPS) is 17.2. The zero-order valence-corrected chi connectivity index (χ0v) is 9.10.